The molecule has 0 radical (unpaired) electrons. The van der Waals surface area contributed by atoms with Gasteiger partial charge in [0.2, 0.25) is 6.10 Å². The fourth-order valence-electron chi connectivity index (χ4n) is 1.54. The molecule has 0 fully saturated rings. The molecule has 18 heavy (non-hydrogen) atoms. The molecule has 0 spiro atoms. The minimum atomic E-state index is -1.10. The van der Waals surface area contributed by atoms with Gasteiger partial charge in [0.25, 0.3) is 0 Å². The molecule has 0 aromatic heterocycles. The van der Waals surface area contributed by atoms with Crippen LogP contribution in [0, 0.1) is 5.82 Å². The average Bonchev–Trinajstić information content (AvgIpc) is 2.38. The monoisotopic (exact) mass is 246 g/mol. The van der Waals surface area contributed by atoms with E-state index in [1.54, 1.807) is 30.3 Å². The van der Waals surface area contributed by atoms with Gasteiger partial charge in [-0.3, -0.25) is 0 Å². The molecule has 1 N–H and O–H groups in total. The van der Waals surface area contributed by atoms with Crippen molar-refractivity contribution in [3.63, 3.8) is 0 Å². The van der Waals surface area contributed by atoms with Crippen LogP contribution in [0.25, 0.3) is 0 Å². The zero-order chi connectivity index (χ0) is 13.0. The number of ether oxygens (including phenoxy) is 1. The molecule has 0 aliphatic carbocycles. The molecule has 4 heteroatoms. The van der Waals surface area contributed by atoms with E-state index in [1.165, 1.54) is 24.3 Å². The van der Waals surface area contributed by atoms with E-state index in [0.717, 1.165) is 0 Å². The summed E-state index contributed by atoms with van der Waals surface area (Å²) in [5.74, 6) is -1.17. The first-order valence-corrected chi connectivity index (χ1v) is 5.37. The lowest BCUT2D eigenvalue weighted by Gasteiger charge is -2.15. The van der Waals surface area contributed by atoms with E-state index in [9.17, 15) is 9.18 Å². The van der Waals surface area contributed by atoms with Gasteiger partial charge in [0.15, 0.2) is 0 Å². The van der Waals surface area contributed by atoms with Crippen LogP contribution in [0.2, 0.25) is 0 Å². The van der Waals surface area contributed by atoms with E-state index >= 15 is 0 Å². The largest absolute Gasteiger partial charge is 0.478 e. The molecule has 1 unspecified atom stereocenters. The first-order chi connectivity index (χ1) is 8.66. The zero-order valence-corrected chi connectivity index (χ0v) is 9.42. The molecule has 2 aromatic carbocycles. The van der Waals surface area contributed by atoms with Crippen molar-refractivity contribution in [3.05, 3.63) is 66.0 Å². The number of carboxylic acids is 1. The highest BCUT2D eigenvalue weighted by atomic mass is 19.1. The fourth-order valence-corrected chi connectivity index (χ4v) is 1.54. The smallest absolute Gasteiger partial charge is 0.349 e. The minimum absolute atomic E-state index is 0.313. The number of carbonyl (C=O) groups is 1. The van der Waals surface area contributed by atoms with Crippen molar-refractivity contribution in [2.24, 2.45) is 0 Å². The lowest BCUT2D eigenvalue weighted by Crippen LogP contribution is -2.18. The summed E-state index contributed by atoms with van der Waals surface area (Å²) in [6, 6.07) is 13.8. The maximum Gasteiger partial charge on any atom is 0.349 e. The molecule has 0 amide bonds. The van der Waals surface area contributed by atoms with Gasteiger partial charge < -0.3 is 9.84 Å². The highest BCUT2D eigenvalue weighted by Gasteiger charge is 2.21. The van der Waals surface area contributed by atoms with Crippen molar-refractivity contribution in [1.29, 1.82) is 0 Å². The van der Waals surface area contributed by atoms with Crippen LogP contribution < -0.4 is 4.74 Å². The molecule has 1 atom stereocenters. The van der Waals surface area contributed by atoms with Crippen LogP contribution in [0.1, 0.15) is 11.7 Å². The van der Waals surface area contributed by atoms with Gasteiger partial charge in [-0.1, -0.05) is 30.3 Å². The van der Waals surface area contributed by atoms with E-state index in [2.05, 4.69) is 0 Å². The van der Waals surface area contributed by atoms with Crippen LogP contribution >= 0.6 is 0 Å². The summed E-state index contributed by atoms with van der Waals surface area (Å²) >= 11 is 0. The van der Waals surface area contributed by atoms with E-state index < -0.39 is 17.9 Å². The number of aliphatic carboxylic acids is 1. The van der Waals surface area contributed by atoms with Gasteiger partial charge in [0, 0.05) is 5.56 Å². The minimum Gasteiger partial charge on any atom is -0.478 e. The van der Waals surface area contributed by atoms with Crippen molar-refractivity contribution in [2.75, 3.05) is 0 Å². The Morgan fingerprint density at radius 1 is 1.06 bits per heavy atom. The third-order valence-corrected chi connectivity index (χ3v) is 2.39. The molecule has 0 saturated carbocycles. The number of hydrogen-bond donors (Lipinski definition) is 1. The molecular formula is C14H11FO3. The van der Waals surface area contributed by atoms with Crippen molar-refractivity contribution in [3.8, 4) is 5.75 Å². The second kappa shape index (κ2) is 5.31. The molecular weight excluding hydrogens is 235 g/mol. The van der Waals surface area contributed by atoms with Crippen molar-refractivity contribution in [2.45, 2.75) is 6.10 Å². The Morgan fingerprint density at radius 3 is 2.22 bits per heavy atom. The van der Waals surface area contributed by atoms with Gasteiger partial charge >= 0.3 is 5.97 Å². The standard InChI is InChI=1S/C14H11FO3/c15-11-6-8-12(9-7-11)18-13(14(16)17)10-4-2-1-3-5-10/h1-9,13H,(H,16,17). The number of benzene rings is 2. The summed E-state index contributed by atoms with van der Waals surface area (Å²) in [5.41, 5.74) is 0.536. The second-order valence-electron chi connectivity index (χ2n) is 3.70. The predicted molar refractivity (Wildman–Crippen MR) is 63.8 cm³/mol. The highest BCUT2D eigenvalue weighted by Crippen LogP contribution is 2.22. The van der Waals surface area contributed by atoms with Gasteiger partial charge in [0.1, 0.15) is 11.6 Å². The van der Waals surface area contributed by atoms with Crippen molar-refractivity contribution >= 4 is 5.97 Å². The Bertz CT molecular complexity index is 522. The summed E-state index contributed by atoms with van der Waals surface area (Å²) in [6.45, 7) is 0. The van der Waals surface area contributed by atoms with Crippen LogP contribution in [-0.4, -0.2) is 11.1 Å². The van der Waals surface area contributed by atoms with Gasteiger partial charge in [-0.05, 0) is 24.3 Å². The fraction of sp³-hybridized carbons (Fsp3) is 0.0714. The predicted octanol–water partition coefficient (Wildman–Crippen LogP) is 3.03. The third kappa shape index (κ3) is 2.85. The van der Waals surface area contributed by atoms with Gasteiger partial charge in [-0.2, -0.15) is 0 Å². The topological polar surface area (TPSA) is 46.5 Å². The Labute approximate surface area is 103 Å². The number of halogens is 1. The van der Waals surface area contributed by atoms with Gasteiger partial charge in [-0.25, -0.2) is 9.18 Å². The number of rotatable bonds is 4. The van der Waals surface area contributed by atoms with E-state index in [-0.39, 0.29) is 0 Å². The van der Waals surface area contributed by atoms with Gasteiger partial charge in [-0.15, -0.1) is 0 Å². The lowest BCUT2D eigenvalue weighted by molar-refractivity contribution is -0.145. The molecule has 92 valence electrons. The molecule has 0 aliphatic heterocycles. The summed E-state index contributed by atoms with van der Waals surface area (Å²) in [5, 5.41) is 9.14. The Hall–Kier alpha value is -2.36. The maximum atomic E-state index is 12.7. The van der Waals surface area contributed by atoms with E-state index in [0.29, 0.717) is 11.3 Å². The van der Waals surface area contributed by atoms with Crippen LogP contribution in [0.5, 0.6) is 5.75 Å². The van der Waals surface area contributed by atoms with E-state index in [1.807, 2.05) is 0 Å². The SMILES string of the molecule is O=C(O)C(Oc1ccc(F)cc1)c1ccccc1. The highest BCUT2D eigenvalue weighted by molar-refractivity contribution is 5.74. The van der Waals surface area contributed by atoms with E-state index in [4.69, 9.17) is 9.84 Å². The summed E-state index contributed by atoms with van der Waals surface area (Å²) in [4.78, 5) is 11.2. The summed E-state index contributed by atoms with van der Waals surface area (Å²) < 4.78 is 18.1. The number of carboxylic acid groups (broad SMARTS) is 1. The van der Waals surface area contributed by atoms with Crippen LogP contribution in [-0.2, 0) is 4.79 Å². The lowest BCUT2D eigenvalue weighted by atomic mass is 10.1. The molecule has 2 aromatic rings. The Kier molecular flexibility index (Phi) is 3.57. The third-order valence-electron chi connectivity index (χ3n) is 2.39. The van der Waals surface area contributed by atoms with Crippen LogP contribution in [0.15, 0.2) is 54.6 Å². The number of hydrogen-bond acceptors (Lipinski definition) is 2. The molecule has 0 heterocycles. The maximum absolute atomic E-state index is 12.7. The first kappa shape index (κ1) is 12.1. The van der Waals surface area contributed by atoms with Crippen molar-refractivity contribution in [1.82, 2.24) is 0 Å². The van der Waals surface area contributed by atoms with Crippen LogP contribution in [0.4, 0.5) is 4.39 Å². The molecule has 2 rings (SSSR count). The molecule has 0 aliphatic rings. The quantitative estimate of drug-likeness (QED) is 0.901. The Balaban J connectivity index is 2.22. The van der Waals surface area contributed by atoms with Crippen molar-refractivity contribution < 1.29 is 19.0 Å². The normalized spacial score (nSPS) is 11.8. The van der Waals surface area contributed by atoms with Crippen LogP contribution in [0.3, 0.4) is 0 Å². The Morgan fingerprint density at radius 2 is 1.67 bits per heavy atom. The summed E-state index contributed by atoms with van der Waals surface area (Å²) in [7, 11) is 0. The summed E-state index contributed by atoms with van der Waals surface area (Å²) in [6.07, 6.45) is -1.10. The molecule has 3 nitrogen and oxygen atoms in total. The molecule has 0 bridgehead atoms. The average molecular weight is 246 g/mol. The first-order valence-electron chi connectivity index (χ1n) is 5.37. The zero-order valence-electron chi connectivity index (χ0n) is 9.42. The van der Waals surface area contributed by atoms with Gasteiger partial charge in [0.05, 0.1) is 0 Å². The molecule has 0 saturated heterocycles. The second-order valence-corrected chi connectivity index (χ2v) is 3.70.